The molecule has 5 nitrogen and oxygen atoms in total. The van der Waals surface area contributed by atoms with Crippen LogP contribution in [0.5, 0.6) is 0 Å². The Labute approximate surface area is 190 Å². The Bertz CT molecular complexity index is 1040. The normalized spacial score (nSPS) is 21.2. The molecule has 0 radical (unpaired) electrons. The maximum atomic E-state index is 13.3. The van der Waals surface area contributed by atoms with Crippen molar-refractivity contribution in [2.24, 2.45) is 0 Å². The standard InChI is InChI=1S/C27H31N3O2/c1-2-20-10-12-21(13-11-20)23-16-24(18-30(17-23)27(31)29-14-6-7-15-29)26-28-25(19-32-26)22-8-4-3-5-9-22/h3-5,8-13,19,23-24H,2,6-7,14-18H2,1H3. The second kappa shape index (κ2) is 9.19. The van der Waals surface area contributed by atoms with Gasteiger partial charge in [0.2, 0.25) is 0 Å². The zero-order valence-corrected chi connectivity index (χ0v) is 18.7. The van der Waals surface area contributed by atoms with Gasteiger partial charge in [-0.2, -0.15) is 0 Å². The van der Waals surface area contributed by atoms with Crippen molar-refractivity contribution in [2.45, 2.75) is 44.4 Å². The molecule has 5 rings (SSSR count). The molecule has 2 aliphatic heterocycles. The topological polar surface area (TPSA) is 49.6 Å². The number of hydrogen-bond acceptors (Lipinski definition) is 3. The molecule has 2 atom stereocenters. The van der Waals surface area contributed by atoms with E-state index in [1.54, 1.807) is 6.26 Å². The Morgan fingerprint density at radius 2 is 1.69 bits per heavy atom. The second-order valence-electron chi connectivity index (χ2n) is 9.04. The predicted octanol–water partition coefficient (Wildman–Crippen LogP) is 5.69. The Morgan fingerprint density at radius 1 is 0.969 bits per heavy atom. The van der Waals surface area contributed by atoms with Gasteiger partial charge in [-0.25, -0.2) is 9.78 Å². The van der Waals surface area contributed by atoms with E-state index in [2.05, 4.69) is 31.2 Å². The summed E-state index contributed by atoms with van der Waals surface area (Å²) >= 11 is 0. The minimum Gasteiger partial charge on any atom is -0.448 e. The van der Waals surface area contributed by atoms with Crippen molar-refractivity contribution in [3.05, 3.63) is 77.9 Å². The third kappa shape index (κ3) is 4.29. The molecular weight excluding hydrogens is 398 g/mol. The average Bonchev–Trinajstić information content (AvgIpc) is 3.57. The van der Waals surface area contributed by atoms with Crippen LogP contribution in [-0.4, -0.2) is 47.0 Å². The van der Waals surface area contributed by atoms with E-state index in [0.717, 1.165) is 62.5 Å². The predicted molar refractivity (Wildman–Crippen MR) is 126 cm³/mol. The van der Waals surface area contributed by atoms with Crippen LogP contribution in [0.3, 0.4) is 0 Å². The summed E-state index contributed by atoms with van der Waals surface area (Å²) in [7, 11) is 0. The summed E-state index contributed by atoms with van der Waals surface area (Å²) in [6.45, 7) is 5.33. The van der Waals surface area contributed by atoms with Gasteiger partial charge in [-0.15, -0.1) is 0 Å². The lowest BCUT2D eigenvalue weighted by molar-refractivity contribution is 0.136. The second-order valence-corrected chi connectivity index (χ2v) is 9.04. The van der Waals surface area contributed by atoms with Crippen molar-refractivity contribution in [3.8, 4) is 11.3 Å². The molecule has 0 bridgehead atoms. The van der Waals surface area contributed by atoms with Gasteiger partial charge in [0.05, 0.1) is 5.92 Å². The first kappa shape index (κ1) is 20.8. The van der Waals surface area contributed by atoms with Crippen LogP contribution in [0.25, 0.3) is 11.3 Å². The van der Waals surface area contributed by atoms with E-state index >= 15 is 0 Å². The molecular formula is C27H31N3O2. The van der Waals surface area contributed by atoms with Crippen LogP contribution >= 0.6 is 0 Å². The number of hydrogen-bond donors (Lipinski definition) is 0. The molecule has 2 aromatic carbocycles. The minimum absolute atomic E-state index is 0.0867. The fourth-order valence-electron chi connectivity index (χ4n) is 5.03. The lowest BCUT2D eigenvalue weighted by Gasteiger charge is -2.38. The number of carbonyl (C=O) groups is 1. The van der Waals surface area contributed by atoms with Crippen molar-refractivity contribution in [1.82, 2.24) is 14.8 Å². The fourth-order valence-corrected chi connectivity index (χ4v) is 5.03. The average molecular weight is 430 g/mol. The smallest absolute Gasteiger partial charge is 0.320 e. The van der Waals surface area contributed by atoms with E-state index in [0.29, 0.717) is 6.54 Å². The third-order valence-electron chi connectivity index (χ3n) is 6.90. The molecule has 3 aromatic rings. The summed E-state index contributed by atoms with van der Waals surface area (Å²) in [6.07, 6.45) is 5.92. The number of aryl methyl sites for hydroxylation is 1. The Kier molecular flexibility index (Phi) is 5.97. The Balaban J connectivity index is 1.41. The number of rotatable bonds is 4. The van der Waals surface area contributed by atoms with E-state index in [1.807, 2.05) is 40.1 Å². The molecule has 166 valence electrons. The summed E-state index contributed by atoms with van der Waals surface area (Å²) < 4.78 is 5.97. The molecule has 3 heterocycles. The number of piperidine rings is 1. The van der Waals surface area contributed by atoms with Crippen LogP contribution in [0.2, 0.25) is 0 Å². The zero-order valence-electron chi connectivity index (χ0n) is 18.7. The van der Waals surface area contributed by atoms with Gasteiger partial charge in [-0.1, -0.05) is 61.5 Å². The van der Waals surface area contributed by atoms with Crippen LogP contribution in [0.1, 0.15) is 55.0 Å². The zero-order chi connectivity index (χ0) is 21.9. The van der Waals surface area contributed by atoms with Crippen LogP contribution in [0, 0.1) is 0 Å². The molecule has 2 fully saturated rings. The first-order chi connectivity index (χ1) is 15.7. The van der Waals surface area contributed by atoms with Gasteiger partial charge in [-0.05, 0) is 36.8 Å². The Morgan fingerprint density at radius 3 is 2.41 bits per heavy atom. The summed E-state index contributed by atoms with van der Waals surface area (Å²) in [5.74, 6) is 1.10. The van der Waals surface area contributed by atoms with Gasteiger partial charge < -0.3 is 14.2 Å². The first-order valence-electron chi connectivity index (χ1n) is 11.8. The lowest BCUT2D eigenvalue weighted by atomic mass is 9.84. The lowest BCUT2D eigenvalue weighted by Crippen LogP contribution is -2.48. The molecule has 0 spiro atoms. The van der Waals surface area contributed by atoms with Crippen molar-refractivity contribution in [1.29, 1.82) is 0 Å². The number of benzene rings is 2. The molecule has 2 saturated heterocycles. The highest BCUT2D eigenvalue weighted by Crippen LogP contribution is 2.37. The molecule has 1 aromatic heterocycles. The van der Waals surface area contributed by atoms with Crippen molar-refractivity contribution in [2.75, 3.05) is 26.2 Å². The number of carbonyl (C=O) groups excluding carboxylic acids is 1. The van der Waals surface area contributed by atoms with Gasteiger partial charge in [0.25, 0.3) is 0 Å². The largest absolute Gasteiger partial charge is 0.448 e. The first-order valence-corrected chi connectivity index (χ1v) is 11.8. The molecule has 0 N–H and O–H groups in total. The van der Waals surface area contributed by atoms with Gasteiger partial charge in [0, 0.05) is 37.7 Å². The summed E-state index contributed by atoms with van der Waals surface area (Å²) in [5.41, 5.74) is 4.54. The number of aromatic nitrogens is 1. The highest BCUT2D eigenvalue weighted by Gasteiger charge is 2.36. The Hall–Kier alpha value is -3.08. The van der Waals surface area contributed by atoms with E-state index in [1.165, 1.54) is 11.1 Å². The van der Waals surface area contributed by atoms with E-state index in [4.69, 9.17) is 9.40 Å². The maximum absolute atomic E-state index is 13.3. The maximum Gasteiger partial charge on any atom is 0.320 e. The number of urea groups is 1. The third-order valence-corrected chi connectivity index (χ3v) is 6.90. The van der Waals surface area contributed by atoms with E-state index in [9.17, 15) is 4.79 Å². The summed E-state index contributed by atoms with van der Waals surface area (Å²) in [4.78, 5) is 22.2. The van der Waals surface area contributed by atoms with Crippen molar-refractivity contribution >= 4 is 6.03 Å². The van der Waals surface area contributed by atoms with Gasteiger partial charge in [-0.3, -0.25) is 0 Å². The molecule has 2 aliphatic rings. The monoisotopic (exact) mass is 429 g/mol. The quantitative estimate of drug-likeness (QED) is 0.535. The van der Waals surface area contributed by atoms with E-state index in [-0.39, 0.29) is 17.9 Å². The van der Waals surface area contributed by atoms with E-state index < -0.39 is 0 Å². The number of nitrogens with zero attached hydrogens (tertiary/aromatic N) is 3. The van der Waals surface area contributed by atoms with Gasteiger partial charge >= 0.3 is 6.03 Å². The van der Waals surface area contributed by atoms with Crippen LogP contribution in [0.15, 0.2) is 65.3 Å². The summed E-state index contributed by atoms with van der Waals surface area (Å²) in [6, 6.07) is 19.2. The minimum atomic E-state index is 0.0867. The van der Waals surface area contributed by atoms with Gasteiger partial charge in [0.15, 0.2) is 5.89 Å². The highest BCUT2D eigenvalue weighted by atomic mass is 16.3. The molecule has 5 heteroatoms. The molecule has 2 unspecified atom stereocenters. The number of likely N-dealkylation sites (tertiary alicyclic amines) is 2. The molecule has 0 saturated carbocycles. The molecule has 2 amide bonds. The van der Waals surface area contributed by atoms with Crippen molar-refractivity contribution in [3.63, 3.8) is 0 Å². The number of oxazole rings is 1. The van der Waals surface area contributed by atoms with Crippen LogP contribution < -0.4 is 0 Å². The SMILES string of the molecule is CCc1ccc(C2CC(c3nc(-c4ccccc4)co3)CN(C(=O)N3CCCC3)C2)cc1. The van der Waals surface area contributed by atoms with Crippen LogP contribution in [-0.2, 0) is 6.42 Å². The molecule has 32 heavy (non-hydrogen) atoms. The summed E-state index contributed by atoms with van der Waals surface area (Å²) in [5, 5.41) is 0. The van der Waals surface area contributed by atoms with Crippen LogP contribution in [0.4, 0.5) is 4.79 Å². The number of amides is 2. The highest BCUT2D eigenvalue weighted by molar-refractivity contribution is 5.75. The molecule has 0 aliphatic carbocycles. The van der Waals surface area contributed by atoms with Gasteiger partial charge in [0.1, 0.15) is 12.0 Å². The van der Waals surface area contributed by atoms with Crippen molar-refractivity contribution < 1.29 is 9.21 Å². The fraction of sp³-hybridized carbons (Fsp3) is 0.407.